The van der Waals surface area contributed by atoms with E-state index in [9.17, 15) is 14.4 Å². The highest BCUT2D eigenvalue weighted by molar-refractivity contribution is 5.96. The fourth-order valence-electron chi connectivity index (χ4n) is 3.39. The van der Waals surface area contributed by atoms with Crippen molar-refractivity contribution in [3.05, 3.63) is 48.0 Å². The second-order valence-electron chi connectivity index (χ2n) is 7.18. The van der Waals surface area contributed by atoms with Crippen molar-refractivity contribution in [2.45, 2.75) is 32.3 Å². The number of rotatable bonds is 6. The maximum atomic E-state index is 12.3. The molecule has 1 atom stereocenters. The first-order valence-corrected chi connectivity index (χ1v) is 9.79. The smallest absolute Gasteiger partial charge is 0.311 e. The minimum Gasteiger partial charge on any atom is -0.454 e. The van der Waals surface area contributed by atoms with E-state index in [1.807, 2.05) is 12.1 Å². The number of benzene rings is 2. The molecule has 1 N–H and O–H groups in total. The number of hydrogen-bond donors (Lipinski definition) is 1. The molecule has 2 aromatic rings. The number of carbonyl (C=O) groups is 3. The van der Waals surface area contributed by atoms with Gasteiger partial charge in [-0.05, 0) is 43.2 Å². The molecular weight excluding hydrogens is 388 g/mol. The molecule has 8 heteroatoms. The van der Waals surface area contributed by atoms with Gasteiger partial charge in [-0.1, -0.05) is 12.1 Å². The summed E-state index contributed by atoms with van der Waals surface area (Å²) in [7, 11) is 0. The van der Waals surface area contributed by atoms with Crippen LogP contribution in [0.5, 0.6) is 11.5 Å². The minimum atomic E-state index is -0.954. The van der Waals surface area contributed by atoms with E-state index < -0.39 is 18.0 Å². The maximum Gasteiger partial charge on any atom is 0.311 e. The SMILES string of the molecule is CC(OC(=O)Cc1ccc(N2CCCC2=O)cc1)C(=O)Nc1ccc2c(c1)OCO2. The van der Waals surface area contributed by atoms with Gasteiger partial charge in [-0.3, -0.25) is 14.4 Å². The molecule has 1 saturated heterocycles. The summed E-state index contributed by atoms with van der Waals surface area (Å²) in [6.45, 7) is 2.38. The summed E-state index contributed by atoms with van der Waals surface area (Å²) < 4.78 is 15.8. The van der Waals surface area contributed by atoms with Crippen molar-refractivity contribution in [2.75, 3.05) is 23.6 Å². The second-order valence-corrected chi connectivity index (χ2v) is 7.18. The van der Waals surface area contributed by atoms with Gasteiger partial charge in [0.25, 0.3) is 5.91 Å². The van der Waals surface area contributed by atoms with Crippen molar-refractivity contribution in [3.8, 4) is 11.5 Å². The molecule has 1 unspecified atom stereocenters. The third kappa shape index (κ3) is 4.37. The van der Waals surface area contributed by atoms with Gasteiger partial charge in [-0.15, -0.1) is 0 Å². The molecule has 0 bridgehead atoms. The van der Waals surface area contributed by atoms with Gasteiger partial charge < -0.3 is 24.4 Å². The van der Waals surface area contributed by atoms with Crippen molar-refractivity contribution in [3.63, 3.8) is 0 Å². The molecule has 156 valence electrons. The number of fused-ring (bicyclic) bond motifs is 1. The van der Waals surface area contributed by atoms with Crippen LogP contribution in [-0.2, 0) is 25.5 Å². The Kier molecular flexibility index (Phi) is 5.56. The highest BCUT2D eigenvalue weighted by Gasteiger charge is 2.22. The van der Waals surface area contributed by atoms with Gasteiger partial charge >= 0.3 is 5.97 Å². The number of anilines is 2. The van der Waals surface area contributed by atoms with Crippen molar-refractivity contribution in [2.24, 2.45) is 0 Å². The summed E-state index contributed by atoms with van der Waals surface area (Å²) in [5.74, 6) is 0.340. The van der Waals surface area contributed by atoms with Gasteiger partial charge in [0, 0.05) is 30.4 Å². The molecule has 0 spiro atoms. The van der Waals surface area contributed by atoms with Crippen molar-refractivity contribution < 1.29 is 28.6 Å². The number of carbonyl (C=O) groups excluding carboxylic acids is 3. The van der Waals surface area contributed by atoms with Crippen LogP contribution in [0, 0.1) is 0 Å². The Balaban J connectivity index is 1.29. The molecule has 2 heterocycles. The molecule has 2 aliphatic rings. The molecule has 2 amide bonds. The zero-order valence-corrected chi connectivity index (χ0v) is 16.6. The maximum absolute atomic E-state index is 12.3. The molecule has 8 nitrogen and oxygen atoms in total. The first-order chi connectivity index (χ1) is 14.5. The molecular formula is C22H22N2O6. The van der Waals surface area contributed by atoms with Crippen LogP contribution in [0.2, 0.25) is 0 Å². The number of amides is 2. The van der Waals surface area contributed by atoms with E-state index in [1.165, 1.54) is 6.92 Å². The summed E-state index contributed by atoms with van der Waals surface area (Å²) in [5, 5.41) is 2.69. The lowest BCUT2D eigenvalue weighted by Crippen LogP contribution is -2.30. The number of esters is 1. The fourth-order valence-corrected chi connectivity index (χ4v) is 3.39. The number of ether oxygens (including phenoxy) is 3. The number of nitrogens with zero attached hydrogens (tertiary/aromatic N) is 1. The summed E-state index contributed by atoms with van der Waals surface area (Å²) >= 11 is 0. The standard InChI is InChI=1S/C22H22N2O6/c1-14(22(27)23-16-6-9-18-19(12-16)29-13-28-18)30-21(26)11-15-4-7-17(8-5-15)24-10-2-3-20(24)25/h4-9,12,14H,2-3,10-11,13H2,1H3,(H,23,27). The largest absolute Gasteiger partial charge is 0.454 e. The molecule has 0 saturated carbocycles. The molecule has 1 fully saturated rings. The quantitative estimate of drug-likeness (QED) is 0.736. The summed E-state index contributed by atoms with van der Waals surface area (Å²) in [6, 6.07) is 12.3. The van der Waals surface area contributed by atoms with Crippen molar-refractivity contribution in [1.82, 2.24) is 0 Å². The first-order valence-electron chi connectivity index (χ1n) is 9.79. The highest BCUT2D eigenvalue weighted by Crippen LogP contribution is 2.34. The Labute approximate surface area is 173 Å². The zero-order chi connectivity index (χ0) is 21.1. The Hall–Kier alpha value is -3.55. The number of hydrogen-bond acceptors (Lipinski definition) is 6. The van der Waals surface area contributed by atoms with Crippen LogP contribution in [0.25, 0.3) is 0 Å². The van der Waals surface area contributed by atoms with E-state index in [-0.39, 0.29) is 19.1 Å². The van der Waals surface area contributed by atoms with E-state index in [4.69, 9.17) is 14.2 Å². The Morgan fingerprint density at radius 1 is 1.13 bits per heavy atom. The van der Waals surface area contributed by atoms with E-state index in [0.717, 1.165) is 24.2 Å². The Morgan fingerprint density at radius 3 is 2.63 bits per heavy atom. The van der Waals surface area contributed by atoms with Crippen LogP contribution in [0.3, 0.4) is 0 Å². The van der Waals surface area contributed by atoms with Crippen LogP contribution in [0.1, 0.15) is 25.3 Å². The van der Waals surface area contributed by atoms with E-state index in [2.05, 4.69) is 5.32 Å². The molecule has 2 aromatic carbocycles. The van der Waals surface area contributed by atoms with Crippen LogP contribution in [-0.4, -0.2) is 37.2 Å². The molecule has 4 rings (SSSR count). The van der Waals surface area contributed by atoms with Crippen LogP contribution < -0.4 is 19.7 Å². The third-order valence-electron chi connectivity index (χ3n) is 4.99. The van der Waals surface area contributed by atoms with Gasteiger partial charge in [-0.25, -0.2) is 0 Å². The number of nitrogens with one attached hydrogen (secondary N) is 1. The van der Waals surface area contributed by atoms with Crippen LogP contribution in [0.4, 0.5) is 11.4 Å². The summed E-state index contributed by atoms with van der Waals surface area (Å²) in [5.41, 5.74) is 2.10. The van der Waals surface area contributed by atoms with Gasteiger partial charge in [0.2, 0.25) is 12.7 Å². The fraction of sp³-hybridized carbons (Fsp3) is 0.318. The van der Waals surface area contributed by atoms with Crippen LogP contribution >= 0.6 is 0 Å². The Bertz CT molecular complexity index is 972. The average Bonchev–Trinajstić information content (AvgIpc) is 3.36. The van der Waals surface area contributed by atoms with Gasteiger partial charge in [0.1, 0.15) is 0 Å². The van der Waals surface area contributed by atoms with E-state index >= 15 is 0 Å². The van der Waals surface area contributed by atoms with E-state index in [1.54, 1.807) is 35.2 Å². The monoisotopic (exact) mass is 410 g/mol. The second kappa shape index (κ2) is 8.44. The summed E-state index contributed by atoms with van der Waals surface area (Å²) in [6.07, 6.45) is 0.513. The molecule has 2 aliphatic heterocycles. The molecule has 30 heavy (non-hydrogen) atoms. The first kappa shape index (κ1) is 19.8. The third-order valence-corrected chi connectivity index (χ3v) is 4.99. The van der Waals surface area contributed by atoms with Crippen molar-refractivity contribution in [1.29, 1.82) is 0 Å². The zero-order valence-electron chi connectivity index (χ0n) is 16.6. The minimum absolute atomic E-state index is 0.0376. The van der Waals surface area contributed by atoms with Gasteiger partial charge in [0.05, 0.1) is 6.42 Å². The van der Waals surface area contributed by atoms with Gasteiger partial charge in [0.15, 0.2) is 17.6 Å². The van der Waals surface area contributed by atoms with Crippen LogP contribution in [0.15, 0.2) is 42.5 Å². The lowest BCUT2D eigenvalue weighted by molar-refractivity contribution is -0.152. The average molecular weight is 410 g/mol. The predicted molar refractivity (Wildman–Crippen MR) is 108 cm³/mol. The predicted octanol–water partition coefficient (Wildman–Crippen LogP) is 2.66. The van der Waals surface area contributed by atoms with Crippen molar-refractivity contribution >= 4 is 29.2 Å². The highest BCUT2D eigenvalue weighted by atomic mass is 16.7. The molecule has 0 aliphatic carbocycles. The molecule has 0 radical (unpaired) electrons. The lowest BCUT2D eigenvalue weighted by atomic mass is 10.1. The summed E-state index contributed by atoms with van der Waals surface area (Å²) in [4.78, 5) is 38.1. The van der Waals surface area contributed by atoms with Gasteiger partial charge in [-0.2, -0.15) is 0 Å². The molecule has 0 aromatic heterocycles. The topological polar surface area (TPSA) is 94.2 Å². The lowest BCUT2D eigenvalue weighted by Gasteiger charge is -2.16. The van der Waals surface area contributed by atoms with E-state index in [0.29, 0.717) is 23.6 Å². The Morgan fingerprint density at radius 2 is 1.90 bits per heavy atom. The normalized spacial score (nSPS) is 15.8.